The van der Waals surface area contributed by atoms with Crippen LogP contribution < -0.4 is 10.1 Å². The molecule has 0 bridgehead atoms. The van der Waals surface area contributed by atoms with Gasteiger partial charge in [-0.2, -0.15) is 0 Å². The highest BCUT2D eigenvalue weighted by molar-refractivity contribution is 5.81. The van der Waals surface area contributed by atoms with Crippen LogP contribution in [-0.2, 0) is 9.59 Å². The van der Waals surface area contributed by atoms with Gasteiger partial charge in [-0.1, -0.05) is 13.0 Å². The molecular weight excluding hydrogens is 253 g/mol. The van der Waals surface area contributed by atoms with Crippen molar-refractivity contribution in [3.8, 4) is 5.75 Å². The van der Waals surface area contributed by atoms with E-state index in [4.69, 9.17) is 9.84 Å². The second-order valence-electron chi connectivity index (χ2n) is 4.20. The first-order chi connectivity index (χ1) is 8.90. The molecule has 0 aromatic heterocycles. The number of hydrogen-bond acceptors (Lipinski definition) is 3. The highest BCUT2D eigenvalue weighted by Crippen LogP contribution is 2.13. The lowest BCUT2D eigenvalue weighted by molar-refractivity contribution is -0.141. The van der Waals surface area contributed by atoms with Crippen molar-refractivity contribution in [2.45, 2.75) is 20.0 Å². The van der Waals surface area contributed by atoms with E-state index in [2.05, 4.69) is 5.32 Å². The minimum absolute atomic E-state index is 0.0189. The SMILES string of the molecule is CC(CNC(=O)C(C)Oc1cccc(F)c1)C(=O)O. The molecule has 19 heavy (non-hydrogen) atoms. The quantitative estimate of drug-likeness (QED) is 0.819. The second kappa shape index (κ2) is 6.72. The fourth-order valence-corrected chi connectivity index (χ4v) is 1.28. The number of aliphatic carboxylic acids is 1. The van der Waals surface area contributed by atoms with Crippen LogP contribution in [0.25, 0.3) is 0 Å². The fraction of sp³-hybridized carbons (Fsp3) is 0.385. The molecule has 0 aliphatic heterocycles. The standard InChI is InChI=1S/C13H16FNO4/c1-8(13(17)18)7-15-12(16)9(2)19-11-5-3-4-10(14)6-11/h3-6,8-9H,7H2,1-2H3,(H,15,16)(H,17,18). The summed E-state index contributed by atoms with van der Waals surface area (Å²) in [4.78, 5) is 22.2. The summed E-state index contributed by atoms with van der Waals surface area (Å²) in [6.45, 7) is 3.01. The first-order valence-corrected chi connectivity index (χ1v) is 5.83. The zero-order chi connectivity index (χ0) is 14.4. The van der Waals surface area contributed by atoms with Gasteiger partial charge in [0, 0.05) is 12.6 Å². The first-order valence-electron chi connectivity index (χ1n) is 5.83. The number of rotatable bonds is 6. The predicted molar refractivity (Wildman–Crippen MR) is 66.3 cm³/mol. The van der Waals surface area contributed by atoms with Gasteiger partial charge in [-0.15, -0.1) is 0 Å². The van der Waals surface area contributed by atoms with Crippen LogP contribution in [-0.4, -0.2) is 29.6 Å². The Hall–Kier alpha value is -2.11. The van der Waals surface area contributed by atoms with Gasteiger partial charge < -0.3 is 15.2 Å². The molecule has 0 radical (unpaired) electrons. The lowest BCUT2D eigenvalue weighted by Crippen LogP contribution is -2.39. The van der Waals surface area contributed by atoms with Gasteiger partial charge in [0.1, 0.15) is 11.6 Å². The lowest BCUT2D eigenvalue weighted by atomic mass is 10.2. The number of hydrogen-bond donors (Lipinski definition) is 2. The zero-order valence-electron chi connectivity index (χ0n) is 10.7. The summed E-state index contributed by atoms with van der Waals surface area (Å²) in [5.41, 5.74) is 0. The van der Waals surface area contributed by atoms with E-state index in [0.29, 0.717) is 0 Å². The highest BCUT2D eigenvalue weighted by atomic mass is 19.1. The molecule has 1 amide bonds. The Morgan fingerprint density at radius 2 is 2.11 bits per heavy atom. The number of nitrogens with one attached hydrogen (secondary N) is 1. The molecule has 0 spiro atoms. The zero-order valence-corrected chi connectivity index (χ0v) is 10.7. The maximum absolute atomic E-state index is 12.9. The van der Waals surface area contributed by atoms with Crippen molar-refractivity contribution in [2.75, 3.05) is 6.54 Å². The fourth-order valence-electron chi connectivity index (χ4n) is 1.28. The normalized spacial score (nSPS) is 13.4. The Morgan fingerprint density at radius 1 is 1.42 bits per heavy atom. The molecule has 1 aromatic carbocycles. The Labute approximate surface area is 110 Å². The number of halogens is 1. The Morgan fingerprint density at radius 3 is 2.68 bits per heavy atom. The van der Waals surface area contributed by atoms with Crippen molar-refractivity contribution in [3.05, 3.63) is 30.1 Å². The number of carbonyl (C=O) groups is 2. The third kappa shape index (κ3) is 4.95. The van der Waals surface area contributed by atoms with Crippen LogP contribution in [0.1, 0.15) is 13.8 Å². The van der Waals surface area contributed by atoms with Crippen LogP contribution in [0.3, 0.4) is 0 Å². The summed E-state index contributed by atoms with van der Waals surface area (Å²) >= 11 is 0. The topological polar surface area (TPSA) is 75.6 Å². The maximum Gasteiger partial charge on any atom is 0.308 e. The number of carboxylic acid groups (broad SMARTS) is 1. The van der Waals surface area contributed by atoms with Gasteiger partial charge in [-0.25, -0.2) is 4.39 Å². The maximum atomic E-state index is 12.9. The molecule has 2 unspecified atom stereocenters. The average Bonchev–Trinajstić information content (AvgIpc) is 2.35. The van der Waals surface area contributed by atoms with Crippen molar-refractivity contribution in [3.63, 3.8) is 0 Å². The molecule has 0 fully saturated rings. The molecular formula is C13H16FNO4. The molecule has 0 heterocycles. The van der Waals surface area contributed by atoms with Crippen LogP contribution in [0, 0.1) is 11.7 Å². The number of benzene rings is 1. The molecule has 0 aliphatic carbocycles. The van der Waals surface area contributed by atoms with Crippen LogP contribution >= 0.6 is 0 Å². The summed E-state index contributed by atoms with van der Waals surface area (Å²) < 4.78 is 18.2. The van der Waals surface area contributed by atoms with Gasteiger partial charge >= 0.3 is 5.97 Å². The number of carbonyl (C=O) groups excluding carboxylic acids is 1. The molecule has 6 heteroatoms. The predicted octanol–water partition coefficient (Wildman–Crippen LogP) is 1.43. The van der Waals surface area contributed by atoms with E-state index < -0.39 is 29.7 Å². The molecule has 0 aliphatic rings. The van der Waals surface area contributed by atoms with E-state index in [1.807, 2.05) is 0 Å². The third-order valence-corrected chi connectivity index (χ3v) is 2.48. The van der Waals surface area contributed by atoms with Gasteiger partial charge in [0.2, 0.25) is 0 Å². The van der Waals surface area contributed by atoms with E-state index in [1.165, 1.54) is 38.1 Å². The summed E-state index contributed by atoms with van der Waals surface area (Å²) in [7, 11) is 0. The minimum atomic E-state index is -0.987. The third-order valence-electron chi connectivity index (χ3n) is 2.48. The smallest absolute Gasteiger partial charge is 0.308 e. The Bertz CT molecular complexity index is 464. The summed E-state index contributed by atoms with van der Waals surface area (Å²) in [6.07, 6.45) is -0.831. The van der Waals surface area contributed by atoms with E-state index in [0.717, 1.165) is 0 Å². The first kappa shape index (κ1) is 14.9. The van der Waals surface area contributed by atoms with Gasteiger partial charge in [0.25, 0.3) is 5.91 Å². The largest absolute Gasteiger partial charge is 0.481 e. The molecule has 0 saturated carbocycles. The van der Waals surface area contributed by atoms with Crippen molar-refractivity contribution in [2.24, 2.45) is 5.92 Å². The van der Waals surface area contributed by atoms with Crippen LogP contribution in [0.15, 0.2) is 24.3 Å². The molecule has 0 saturated heterocycles. The van der Waals surface area contributed by atoms with E-state index >= 15 is 0 Å². The van der Waals surface area contributed by atoms with Crippen LogP contribution in [0.5, 0.6) is 5.75 Å². The van der Waals surface area contributed by atoms with E-state index in [-0.39, 0.29) is 12.3 Å². The molecule has 104 valence electrons. The van der Waals surface area contributed by atoms with Gasteiger partial charge in [-0.3, -0.25) is 9.59 Å². The summed E-state index contributed by atoms with van der Waals surface area (Å²) in [5, 5.41) is 11.1. The lowest BCUT2D eigenvalue weighted by Gasteiger charge is -2.15. The number of ether oxygens (including phenoxy) is 1. The number of carboxylic acids is 1. The molecule has 1 rings (SSSR count). The Balaban J connectivity index is 2.47. The van der Waals surface area contributed by atoms with E-state index in [9.17, 15) is 14.0 Å². The Kier molecular flexibility index (Phi) is 5.29. The second-order valence-corrected chi connectivity index (χ2v) is 4.20. The van der Waals surface area contributed by atoms with Gasteiger partial charge in [0.15, 0.2) is 6.10 Å². The molecule has 1 aromatic rings. The monoisotopic (exact) mass is 269 g/mol. The molecule has 5 nitrogen and oxygen atoms in total. The summed E-state index contributed by atoms with van der Waals surface area (Å²) in [6, 6.07) is 5.45. The summed E-state index contributed by atoms with van der Waals surface area (Å²) in [5.74, 6) is -2.32. The van der Waals surface area contributed by atoms with Crippen molar-refractivity contribution in [1.82, 2.24) is 5.32 Å². The van der Waals surface area contributed by atoms with Crippen LogP contribution in [0.2, 0.25) is 0 Å². The van der Waals surface area contributed by atoms with Crippen molar-refractivity contribution >= 4 is 11.9 Å². The molecule has 2 atom stereocenters. The number of amides is 1. The van der Waals surface area contributed by atoms with Crippen LogP contribution in [0.4, 0.5) is 4.39 Å². The van der Waals surface area contributed by atoms with E-state index in [1.54, 1.807) is 0 Å². The van der Waals surface area contributed by atoms with Crippen molar-refractivity contribution in [1.29, 1.82) is 0 Å². The molecule has 2 N–H and O–H groups in total. The van der Waals surface area contributed by atoms with Crippen molar-refractivity contribution < 1.29 is 23.8 Å². The highest BCUT2D eigenvalue weighted by Gasteiger charge is 2.17. The average molecular weight is 269 g/mol. The van der Waals surface area contributed by atoms with Gasteiger partial charge in [-0.05, 0) is 19.1 Å². The minimum Gasteiger partial charge on any atom is -0.481 e. The van der Waals surface area contributed by atoms with Gasteiger partial charge in [0.05, 0.1) is 5.92 Å².